The monoisotopic (exact) mass is 525 g/mol. The van der Waals surface area contributed by atoms with Gasteiger partial charge in [-0.15, -0.1) is 0 Å². The van der Waals surface area contributed by atoms with Crippen LogP contribution in [-0.2, 0) is 11.3 Å². The minimum absolute atomic E-state index is 0.0420. The summed E-state index contributed by atoms with van der Waals surface area (Å²) in [5.74, 6) is 6.14. The summed E-state index contributed by atoms with van der Waals surface area (Å²) < 4.78 is 5.61. The number of anilines is 1. The van der Waals surface area contributed by atoms with Crippen LogP contribution in [0.25, 0.3) is 0 Å². The summed E-state index contributed by atoms with van der Waals surface area (Å²) in [7, 11) is 0. The molecule has 0 aromatic heterocycles. The fourth-order valence-corrected chi connectivity index (χ4v) is 4.83. The Morgan fingerprint density at radius 3 is 2.18 bits per heavy atom. The standard InChI is InChI=1S/C33H35NO5/c1-2-21-39-29-17-13-26(14-18-29)8-7-25-9-11-27(12-10-25)23-34(32(36)20-15-24-5-3-4-6-24)28-16-19-30(33(37)38)31(35)22-28/h9-14,16-19,22,24,35H,2-6,15,20-21,23H2,1H3,(H,37,38). The summed E-state index contributed by atoms with van der Waals surface area (Å²) in [5, 5.41) is 19.5. The van der Waals surface area contributed by atoms with E-state index >= 15 is 0 Å². The van der Waals surface area contributed by atoms with Crippen molar-refractivity contribution in [2.24, 2.45) is 5.92 Å². The van der Waals surface area contributed by atoms with Crippen LogP contribution in [0.2, 0.25) is 0 Å². The second-order valence-corrected chi connectivity index (χ2v) is 10.00. The molecular weight excluding hydrogens is 490 g/mol. The number of carbonyl (C=O) groups is 2. The van der Waals surface area contributed by atoms with Crippen molar-refractivity contribution >= 4 is 17.6 Å². The van der Waals surface area contributed by atoms with Crippen molar-refractivity contribution in [1.82, 2.24) is 0 Å². The Hall–Kier alpha value is -4.24. The van der Waals surface area contributed by atoms with Gasteiger partial charge in [0.1, 0.15) is 17.1 Å². The smallest absolute Gasteiger partial charge is 0.339 e. The molecule has 0 saturated heterocycles. The Labute approximate surface area is 230 Å². The Bertz CT molecular complexity index is 1330. The number of phenols is 1. The molecule has 0 spiro atoms. The molecule has 6 nitrogen and oxygen atoms in total. The molecule has 0 radical (unpaired) electrons. The molecule has 39 heavy (non-hydrogen) atoms. The molecule has 1 fully saturated rings. The van der Waals surface area contributed by atoms with Crippen LogP contribution in [0.3, 0.4) is 0 Å². The van der Waals surface area contributed by atoms with Gasteiger partial charge in [-0.1, -0.05) is 56.6 Å². The van der Waals surface area contributed by atoms with Crippen LogP contribution in [0.15, 0.2) is 66.7 Å². The third kappa shape index (κ3) is 7.87. The highest BCUT2D eigenvalue weighted by atomic mass is 16.5. The highest BCUT2D eigenvalue weighted by Crippen LogP contribution is 2.31. The van der Waals surface area contributed by atoms with Crippen LogP contribution in [-0.4, -0.2) is 28.7 Å². The molecule has 202 valence electrons. The van der Waals surface area contributed by atoms with E-state index in [0.717, 1.165) is 35.3 Å². The highest BCUT2D eigenvalue weighted by Gasteiger charge is 2.22. The van der Waals surface area contributed by atoms with Crippen LogP contribution >= 0.6 is 0 Å². The van der Waals surface area contributed by atoms with Crippen molar-refractivity contribution in [3.05, 3.63) is 89.0 Å². The lowest BCUT2D eigenvalue weighted by Crippen LogP contribution is -2.30. The number of carboxylic acid groups (broad SMARTS) is 1. The SMILES string of the molecule is CCCOc1ccc(C#Cc2ccc(CN(C(=O)CCC3CCCC3)c3ccc(C(=O)O)c(O)c3)cc2)cc1. The van der Waals surface area contributed by atoms with E-state index in [9.17, 15) is 19.8 Å². The average Bonchev–Trinajstić information content (AvgIpc) is 3.47. The normalized spacial score (nSPS) is 12.9. The third-order valence-electron chi connectivity index (χ3n) is 7.04. The molecule has 2 N–H and O–H groups in total. The first-order valence-corrected chi connectivity index (χ1v) is 13.6. The first kappa shape index (κ1) is 27.8. The predicted octanol–water partition coefficient (Wildman–Crippen LogP) is 6.78. The molecule has 1 saturated carbocycles. The Balaban J connectivity index is 1.47. The number of amides is 1. The summed E-state index contributed by atoms with van der Waals surface area (Å²) in [4.78, 5) is 26.3. The number of benzene rings is 3. The van der Waals surface area contributed by atoms with Crippen LogP contribution in [0.4, 0.5) is 5.69 Å². The third-order valence-corrected chi connectivity index (χ3v) is 7.04. The van der Waals surface area contributed by atoms with Gasteiger partial charge in [-0.25, -0.2) is 4.79 Å². The zero-order valence-electron chi connectivity index (χ0n) is 22.4. The number of aromatic hydroxyl groups is 1. The van der Waals surface area contributed by atoms with E-state index in [1.54, 1.807) is 11.0 Å². The summed E-state index contributed by atoms with van der Waals surface area (Å²) in [6.07, 6.45) is 7.00. The van der Waals surface area contributed by atoms with Gasteiger partial charge in [-0.05, 0) is 72.9 Å². The second-order valence-electron chi connectivity index (χ2n) is 10.00. The molecule has 0 aliphatic heterocycles. The van der Waals surface area contributed by atoms with Crippen molar-refractivity contribution in [3.63, 3.8) is 0 Å². The molecule has 1 aliphatic rings. The number of carboxylic acids is 1. The van der Waals surface area contributed by atoms with Crippen LogP contribution in [0.5, 0.6) is 11.5 Å². The first-order chi connectivity index (χ1) is 18.9. The zero-order valence-corrected chi connectivity index (χ0v) is 22.4. The van der Waals surface area contributed by atoms with E-state index in [4.69, 9.17) is 4.74 Å². The van der Waals surface area contributed by atoms with Crippen molar-refractivity contribution < 1.29 is 24.5 Å². The minimum Gasteiger partial charge on any atom is -0.507 e. The zero-order chi connectivity index (χ0) is 27.6. The van der Waals surface area contributed by atoms with Gasteiger partial charge in [0.05, 0.1) is 13.2 Å². The number of nitrogens with zero attached hydrogens (tertiary/aromatic N) is 1. The largest absolute Gasteiger partial charge is 0.507 e. The van der Waals surface area contributed by atoms with Gasteiger partial charge < -0.3 is 19.8 Å². The Kier molecular flexibility index (Phi) is 9.64. The summed E-state index contributed by atoms with van der Waals surface area (Å²) in [6, 6.07) is 19.7. The topological polar surface area (TPSA) is 87.1 Å². The molecule has 3 aromatic carbocycles. The van der Waals surface area contributed by atoms with E-state index in [1.807, 2.05) is 48.5 Å². The molecule has 0 heterocycles. The molecule has 3 aromatic rings. The summed E-state index contributed by atoms with van der Waals surface area (Å²) in [6.45, 7) is 3.07. The quantitative estimate of drug-likeness (QED) is 0.285. The highest BCUT2D eigenvalue weighted by molar-refractivity contribution is 5.96. The van der Waals surface area contributed by atoms with Gasteiger partial charge in [0.15, 0.2) is 0 Å². The van der Waals surface area contributed by atoms with Crippen molar-refractivity contribution in [1.29, 1.82) is 0 Å². The van der Waals surface area contributed by atoms with E-state index in [1.165, 1.54) is 37.8 Å². The van der Waals surface area contributed by atoms with E-state index in [0.29, 0.717) is 31.2 Å². The first-order valence-electron chi connectivity index (χ1n) is 13.6. The molecule has 1 aliphatic carbocycles. The molecule has 0 bridgehead atoms. The maximum atomic E-state index is 13.3. The van der Waals surface area contributed by atoms with Crippen molar-refractivity contribution in [3.8, 4) is 23.3 Å². The predicted molar refractivity (Wildman–Crippen MR) is 152 cm³/mol. The Morgan fingerprint density at radius 1 is 0.949 bits per heavy atom. The van der Waals surface area contributed by atoms with Crippen LogP contribution in [0, 0.1) is 17.8 Å². The van der Waals surface area contributed by atoms with Gasteiger partial charge in [0.25, 0.3) is 0 Å². The van der Waals surface area contributed by atoms with E-state index in [2.05, 4.69) is 18.8 Å². The number of carbonyl (C=O) groups excluding carboxylic acids is 1. The molecule has 0 atom stereocenters. The van der Waals surface area contributed by atoms with E-state index < -0.39 is 5.97 Å². The van der Waals surface area contributed by atoms with Gasteiger partial charge in [-0.3, -0.25) is 4.79 Å². The van der Waals surface area contributed by atoms with Gasteiger partial charge in [-0.2, -0.15) is 0 Å². The number of rotatable bonds is 10. The van der Waals surface area contributed by atoms with Crippen molar-refractivity contribution in [2.75, 3.05) is 11.5 Å². The van der Waals surface area contributed by atoms with Gasteiger partial charge in [0.2, 0.25) is 5.91 Å². The molecule has 6 heteroatoms. The van der Waals surface area contributed by atoms with Gasteiger partial charge in [0, 0.05) is 29.3 Å². The van der Waals surface area contributed by atoms with Crippen molar-refractivity contribution in [2.45, 2.75) is 58.4 Å². The number of aromatic carboxylic acids is 1. The van der Waals surface area contributed by atoms with Gasteiger partial charge >= 0.3 is 5.97 Å². The summed E-state index contributed by atoms with van der Waals surface area (Å²) >= 11 is 0. The lowest BCUT2D eigenvalue weighted by atomic mass is 10.0. The average molecular weight is 526 g/mol. The van der Waals surface area contributed by atoms with Crippen LogP contribution in [0.1, 0.15) is 78.9 Å². The van der Waals surface area contributed by atoms with Crippen LogP contribution < -0.4 is 9.64 Å². The number of hydrogen-bond donors (Lipinski definition) is 2. The second kappa shape index (κ2) is 13.5. The molecule has 4 rings (SSSR count). The Morgan fingerprint density at radius 2 is 1.59 bits per heavy atom. The number of hydrogen-bond acceptors (Lipinski definition) is 4. The fraction of sp³-hybridized carbons (Fsp3) is 0.333. The fourth-order valence-electron chi connectivity index (χ4n) is 4.83. The maximum absolute atomic E-state index is 13.3. The minimum atomic E-state index is -1.21. The van der Waals surface area contributed by atoms with E-state index in [-0.39, 0.29) is 17.2 Å². The molecule has 1 amide bonds. The molecular formula is C33H35NO5. The number of ether oxygens (including phenoxy) is 1. The maximum Gasteiger partial charge on any atom is 0.339 e. The summed E-state index contributed by atoms with van der Waals surface area (Å²) in [5.41, 5.74) is 2.94. The molecule has 0 unspecified atom stereocenters. The lowest BCUT2D eigenvalue weighted by Gasteiger charge is -2.24. The lowest BCUT2D eigenvalue weighted by molar-refractivity contribution is -0.119.